The van der Waals surface area contributed by atoms with Gasteiger partial charge in [0.25, 0.3) is 5.91 Å². The summed E-state index contributed by atoms with van der Waals surface area (Å²) in [5.41, 5.74) is 2.23. The molecule has 3 aliphatic rings. The van der Waals surface area contributed by atoms with Gasteiger partial charge in [-0.15, -0.1) is 0 Å². The second-order valence-corrected chi connectivity index (χ2v) is 12.1. The minimum atomic E-state index is -1.28. The molecular formula is C34H31N3O3S. The quantitative estimate of drug-likeness (QED) is 0.318. The van der Waals surface area contributed by atoms with E-state index in [-0.39, 0.29) is 30.3 Å². The molecule has 7 heteroatoms. The summed E-state index contributed by atoms with van der Waals surface area (Å²) in [6.07, 6.45) is 2.73. The number of amides is 3. The van der Waals surface area contributed by atoms with E-state index in [4.69, 9.17) is 0 Å². The van der Waals surface area contributed by atoms with Gasteiger partial charge in [-0.25, -0.2) is 0 Å². The first-order valence-corrected chi connectivity index (χ1v) is 15.5. The maximum absolute atomic E-state index is 14.8. The molecule has 0 aromatic heterocycles. The van der Waals surface area contributed by atoms with Crippen LogP contribution in [0.5, 0.6) is 0 Å². The fourth-order valence-electron chi connectivity index (χ4n) is 7.18. The van der Waals surface area contributed by atoms with Crippen LogP contribution in [0.4, 0.5) is 5.69 Å². The fraction of sp³-hybridized carbons (Fsp3) is 0.265. The van der Waals surface area contributed by atoms with Gasteiger partial charge in [0.2, 0.25) is 11.8 Å². The van der Waals surface area contributed by atoms with Gasteiger partial charge in [-0.2, -0.15) is 11.8 Å². The number of hydrogen-bond donors (Lipinski definition) is 1. The molecule has 1 spiro atoms. The molecule has 4 aromatic rings. The summed E-state index contributed by atoms with van der Waals surface area (Å²) in [7, 11) is 0. The van der Waals surface area contributed by atoms with Gasteiger partial charge < -0.3 is 4.90 Å². The maximum atomic E-state index is 14.8. The molecule has 2 fully saturated rings. The Labute approximate surface area is 243 Å². The van der Waals surface area contributed by atoms with Crippen molar-refractivity contribution in [2.45, 2.75) is 31.1 Å². The molecule has 0 aliphatic carbocycles. The topological polar surface area (TPSA) is 69.7 Å². The third kappa shape index (κ3) is 3.94. The average molecular weight is 562 g/mol. The highest BCUT2D eigenvalue weighted by molar-refractivity contribution is 7.98. The number of carbonyl (C=O) groups is 3. The number of rotatable bonds is 7. The lowest BCUT2D eigenvalue weighted by Crippen LogP contribution is -2.55. The lowest BCUT2D eigenvalue weighted by molar-refractivity contribution is -0.143. The Morgan fingerprint density at radius 3 is 2.34 bits per heavy atom. The summed E-state index contributed by atoms with van der Waals surface area (Å²) in [6.45, 7) is 0.593. The molecular weight excluding hydrogens is 530 g/mol. The summed E-state index contributed by atoms with van der Waals surface area (Å²) < 4.78 is 0. The number of fused-ring (bicyclic) bond motifs is 5. The van der Waals surface area contributed by atoms with Crippen molar-refractivity contribution in [3.8, 4) is 0 Å². The molecule has 3 heterocycles. The van der Waals surface area contributed by atoms with Gasteiger partial charge in [0.15, 0.2) is 0 Å². The molecule has 2 saturated heterocycles. The Bertz CT molecular complexity index is 1670. The van der Waals surface area contributed by atoms with Crippen molar-refractivity contribution in [2.24, 2.45) is 11.8 Å². The van der Waals surface area contributed by atoms with E-state index in [0.29, 0.717) is 13.0 Å². The van der Waals surface area contributed by atoms with Crippen molar-refractivity contribution in [2.75, 3.05) is 16.9 Å². The number of para-hydroxylation sites is 1. The Kier molecular flexibility index (Phi) is 6.44. The van der Waals surface area contributed by atoms with Crippen LogP contribution in [0.3, 0.4) is 0 Å². The van der Waals surface area contributed by atoms with E-state index < -0.39 is 17.4 Å². The number of hydrogen-bond acceptors (Lipinski definition) is 5. The van der Waals surface area contributed by atoms with Crippen LogP contribution in [0.2, 0.25) is 0 Å². The second kappa shape index (κ2) is 10.2. The summed E-state index contributed by atoms with van der Waals surface area (Å²) >= 11 is 1.70. The predicted molar refractivity (Wildman–Crippen MR) is 162 cm³/mol. The molecule has 3 aliphatic heterocycles. The second-order valence-electron chi connectivity index (χ2n) is 11.1. The summed E-state index contributed by atoms with van der Waals surface area (Å²) in [5, 5.41) is 5.84. The van der Waals surface area contributed by atoms with Gasteiger partial charge in [-0.05, 0) is 46.4 Å². The van der Waals surface area contributed by atoms with Gasteiger partial charge in [0, 0.05) is 17.3 Å². The first kappa shape index (κ1) is 26.0. The molecule has 6 nitrogen and oxygen atoms in total. The third-order valence-corrected chi connectivity index (χ3v) is 9.63. The highest BCUT2D eigenvalue weighted by atomic mass is 32.2. The lowest BCUT2D eigenvalue weighted by Gasteiger charge is -2.31. The zero-order chi connectivity index (χ0) is 28.1. The van der Waals surface area contributed by atoms with Gasteiger partial charge in [-0.1, -0.05) is 91.0 Å². The molecule has 0 radical (unpaired) electrons. The van der Waals surface area contributed by atoms with Crippen LogP contribution in [-0.4, -0.2) is 40.7 Å². The van der Waals surface area contributed by atoms with E-state index in [1.54, 1.807) is 11.8 Å². The highest BCUT2D eigenvalue weighted by Gasteiger charge is 2.71. The van der Waals surface area contributed by atoms with E-state index in [1.165, 1.54) is 4.90 Å². The third-order valence-electron chi connectivity index (χ3n) is 8.98. The zero-order valence-electron chi connectivity index (χ0n) is 22.8. The van der Waals surface area contributed by atoms with E-state index in [9.17, 15) is 14.4 Å². The SMILES string of the molecule is CSCC[C@@H]1N[C@]2(C(=O)N(Cc3cccc4ccccc34)c3ccccc32)[C@H]2C(=O)N(Cc3ccccc3)C(=O)[C@H]12. The van der Waals surface area contributed by atoms with Gasteiger partial charge in [-0.3, -0.25) is 24.6 Å². The van der Waals surface area contributed by atoms with Gasteiger partial charge >= 0.3 is 0 Å². The Morgan fingerprint density at radius 1 is 0.780 bits per heavy atom. The number of anilines is 1. The number of nitrogens with one attached hydrogen (secondary N) is 1. The van der Waals surface area contributed by atoms with Crippen molar-refractivity contribution in [1.82, 2.24) is 10.2 Å². The number of thioether (sulfide) groups is 1. The van der Waals surface area contributed by atoms with E-state index in [1.807, 2.05) is 84.0 Å². The first-order valence-electron chi connectivity index (χ1n) is 14.1. The van der Waals surface area contributed by atoms with Crippen LogP contribution in [0.25, 0.3) is 10.8 Å². The maximum Gasteiger partial charge on any atom is 0.253 e. The van der Waals surface area contributed by atoms with Gasteiger partial charge in [0.05, 0.1) is 24.9 Å². The van der Waals surface area contributed by atoms with Crippen molar-refractivity contribution in [3.05, 3.63) is 114 Å². The van der Waals surface area contributed by atoms with Crippen LogP contribution < -0.4 is 10.2 Å². The van der Waals surface area contributed by atoms with Crippen LogP contribution >= 0.6 is 11.8 Å². The molecule has 7 rings (SSSR count). The van der Waals surface area contributed by atoms with Crippen LogP contribution in [0.1, 0.15) is 23.1 Å². The number of imide groups is 1. The average Bonchev–Trinajstić information content (AvgIpc) is 3.56. The number of likely N-dealkylation sites (tertiary alicyclic amines) is 1. The lowest BCUT2D eigenvalue weighted by atomic mass is 9.76. The molecule has 206 valence electrons. The molecule has 0 unspecified atom stereocenters. The molecule has 0 bridgehead atoms. The number of nitrogens with zero attached hydrogens (tertiary/aromatic N) is 2. The van der Waals surface area contributed by atoms with Crippen molar-refractivity contribution >= 4 is 45.9 Å². The zero-order valence-corrected chi connectivity index (χ0v) is 23.6. The normalized spacial score (nSPS) is 25.0. The summed E-state index contributed by atoms with van der Waals surface area (Å²) in [5.74, 6) is -1.16. The molecule has 4 aromatic carbocycles. The van der Waals surface area contributed by atoms with E-state index in [0.717, 1.165) is 38.9 Å². The van der Waals surface area contributed by atoms with Gasteiger partial charge in [0.1, 0.15) is 5.54 Å². The first-order chi connectivity index (χ1) is 20.0. The van der Waals surface area contributed by atoms with E-state index >= 15 is 0 Å². The van der Waals surface area contributed by atoms with Crippen LogP contribution in [0.15, 0.2) is 97.1 Å². The molecule has 4 atom stereocenters. The fourth-order valence-corrected chi connectivity index (χ4v) is 7.67. The number of benzene rings is 4. The summed E-state index contributed by atoms with van der Waals surface area (Å²) in [4.78, 5) is 46.2. The predicted octanol–water partition coefficient (Wildman–Crippen LogP) is 5.11. The molecule has 3 amide bonds. The van der Waals surface area contributed by atoms with Crippen molar-refractivity contribution < 1.29 is 14.4 Å². The largest absolute Gasteiger partial charge is 0.306 e. The summed E-state index contributed by atoms with van der Waals surface area (Å²) in [6, 6.07) is 31.4. The highest BCUT2D eigenvalue weighted by Crippen LogP contribution is 2.55. The van der Waals surface area contributed by atoms with Crippen molar-refractivity contribution in [1.29, 1.82) is 0 Å². The van der Waals surface area contributed by atoms with Crippen molar-refractivity contribution in [3.63, 3.8) is 0 Å². The molecule has 1 N–H and O–H groups in total. The standard InChI is InChI=1S/C34H31N3O3S/c1-41-19-18-27-29-30(32(39)37(31(29)38)20-22-10-3-2-4-11-22)34(35-27)26-16-7-8-17-28(26)36(33(34)40)21-24-14-9-13-23-12-5-6-15-25(23)24/h2-17,27,29-30,35H,18-21H2,1H3/t27-,29+,30+,34-/m0/s1. The smallest absolute Gasteiger partial charge is 0.253 e. The monoisotopic (exact) mass is 561 g/mol. The van der Waals surface area contributed by atoms with E-state index in [2.05, 4.69) is 29.6 Å². The Hall–Kier alpha value is -3.94. The number of carbonyl (C=O) groups excluding carboxylic acids is 3. The van der Waals surface area contributed by atoms with Crippen LogP contribution in [-0.2, 0) is 33.0 Å². The molecule has 41 heavy (non-hydrogen) atoms. The molecule has 0 saturated carbocycles. The minimum absolute atomic E-state index is 0.156. The minimum Gasteiger partial charge on any atom is -0.306 e. The van der Waals surface area contributed by atoms with Crippen LogP contribution in [0, 0.1) is 11.8 Å². The Balaban J connectivity index is 1.32. The Morgan fingerprint density at radius 2 is 1.51 bits per heavy atom.